The van der Waals surface area contributed by atoms with Gasteiger partial charge in [-0.15, -0.1) is 11.3 Å². The average Bonchev–Trinajstić information content (AvgIpc) is 2.89. The second kappa shape index (κ2) is 6.58. The minimum absolute atomic E-state index is 0.167. The number of nitrogens with zero attached hydrogens (tertiary/aromatic N) is 2. The average molecular weight is 369 g/mol. The molecule has 1 N–H and O–H groups in total. The number of carbonyl (C=O) groups excluding carboxylic acids is 1. The zero-order valence-electron chi connectivity index (χ0n) is 13.0. The number of halogens is 1. The van der Waals surface area contributed by atoms with Crippen LogP contribution in [0.15, 0.2) is 24.3 Å². The summed E-state index contributed by atoms with van der Waals surface area (Å²) in [5.41, 5.74) is 1.38. The van der Waals surface area contributed by atoms with Crippen LogP contribution in [0.4, 0.5) is 9.52 Å². The van der Waals surface area contributed by atoms with E-state index >= 15 is 0 Å². The molecule has 9 heteroatoms. The predicted molar refractivity (Wildman–Crippen MR) is 89.6 cm³/mol. The number of amides is 1. The molecule has 1 aliphatic rings. The third-order valence-electron chi connectivity index (χ3n) is 3.63. The molecule has 0 atom stereocenters. The molecule has 2 heterocycles. The number of anilines is 1. The molecule has 1 aromatic carbocycles. The van der Waals surface area contributed by atoms with Gasteiger partial charge in [0, 0.05) is 31.3 Å². The predicted octanol–water partition coefficient (Wildman–Crippen LogP) is 2.13. The lowest BCUT2D eigenvalue weighted by Gasteiger charge is -2.25. The summed E-state index contributed by atoms with van der Waals surface area (Å²) in [6, 6.07) is 5.46. The Bertz CT molecular complexity index is 863. The quantitative estimate of drug-likeness (QED) is 0.895. The van der Waals surface area contributed by atoms with Crippen LogP contribution in [0.1, 0.15) is 23.1 Å². The molecule has 0 bridgehead atoms. The fourth-order valence-electron chi connectivity index (χ4n) is 2.50. The summed E-state index contributed by atoms with van der Waals surface area (Å²) in [4.78, 5) is 16.3. The molecule has 1 amide bonds. The number of thiazole rings is 1. The Morgan fingerprint density at radius 3 is 2.75 bits per heavy atom. The molecule has 0 saturated heterocycles. The minimum Gasteiger partial charge on any atom is -0.302 e. The van der Waals surface area contributed by atoms with Crippen molar-refractivity contribution < 1.29 is 17.6 Å². The number of rotatable bonds is 4. The second-order valence-electron chi connectivity index (χ2n) is 5.54. The van der Waals surface area contributed by atoms with Gasteiger partial charge < -0.3 is 5.32 Å². The lowest BCUT2D eigenvalue weighted by atomic mass is 10.2. The fraction of sp³-hybridized carbons (Fsp3) is 0.333. The molecule has 0 radical (unpaired) electrons. The number of carbonyl (C=O) groups is 1. The van der Waals surface area contributed by atoms with Gasteiger partial charge in [0.25, 0.3) is 0 Å². The van der Waals surface area contributed by atoms with E-state index in [1.807, 2.05) is 0 Å². The van der Waals surface area contributed by atoms with Crippen LogP contribution in [0.5, 0.6) is 0 Å². The molecule has 2 aromatic rings. The number of aromatic nitrogens is 1. The maximum Gasteiger partial charge on any atom is 0.223 e. The van der Waals surface area contributed by atoms with E-state index in [-0.39, 0.29) is 18.2 Å². The van der Waals surface area contributed by atoms with Crippen molar-refractivity contribution in [3.05, 3.63) is 46.2 Å². The van der Waals surface area contributed by atoms with Crippen LogP contribution in [0.25, 0.3) is 0 Å². The number of sulfonamides is 1. The first-order valence-electron chi connectivity index (χ1n) is 7.32. The van der Waals surface area contributed by atoms with Crippen molar-refractivity contribution in [2.24, 2.45) is 0 Å². The van der Waals surface area contributed by atoms with Gasteiger partial charge in [-0.05, 0) is 17.7 Å². The zero-order valence-corrected chi connectivity index (χ0v) is 14.6. The first-order chi connectivity index (χ1) is 11.3. The molecule has 24 heavy (non-hydrogen) atoms. The molecule has 0 saturated carbocycles. The first kappa shape index (κ1) is 17.0. The van der Waals surface area contributed by atoms with E-state index < -0.39 is 15.8 Å². The lowest BCUT2D eigenvalue weighted by Crippen LogP contribution is -2.36. The van der Waals surface area contributed by atoms with Gasteiger partial charge in [-0.3, -0.25) is 4.79 Å². The van der Waals surface area contributed by atoms with Crippen LogP contribution in [-0.2, 0) is 33.5 Å². The topological polar surface area (TPSA) is 79.4 Å². The zero-order chi connectivity index (χ0) is 17.3. The van der Waals surface area contributed by atoms with E-state index in [4.69, 9.17) is 0 Å². The monoisotopic (exact) mass is 369 g/mol. The molecule has 1 aliphatic heterocycles. The molecule has 0 aliphatic carbocycles. The van der Waals surface area contributed by atoms with Crippen molar-refractivity contribution in [3.63, 3.8) is 0 Å². The maximum atomic E-state index is 12.9. The summed E-state index contributed by atoms with van der Waals surface area (Å²) in [7, 11) is -3.50. The summed E-state index contributed by atoms with van der Waals surface area (Å²) in [5, 5.41) is 3.12. The van der Waals surface area contributed by atoms with Gasteiger partial charge >= 0.3 is 0 Å². The van der Waals surface area contributed by atoms with Crippen LogP contribution < -0.4 is 5.32 Å². The van der Waals surface area contributed by atoms with Crippen molar-refractivity contribution in [1.29, 1.82) is 0 Å². The van der Waals surface area contributed by atoms with E-state index in [1.165, 1.54) is 46.8 Å². The van der Waals surface area contributed by atoms with Crippen LogP contribution >= 0.6 is 11.3 Å². The number of nitrogens with one attached hydrogen (secondary N) is 1. The van der Waals surface area contributed by atoms with Gasteiger partial charge in [0.05, 0.1) is 11.4 Å². The van der Waals surface area contributed by atoms with E-state index in [0.29, 0.717) is 23.7 Å². The van der Waals surface area contributed by atoms with Gasteiger partial charge in [0.15, 0.2) is 5.13 Å². The Morgan fingerprint density at radius 2 is 2.08 bits per heavy atom. The van der Waals surface area contributed by atoms with E-state index in [9.17, 15) is 17.6 Å². The van der Waals surface area contributed by atoms with Crippen LogP contribution in [-0.4, -0.2) is 30.2 Å². The SMILES string of the molecule is CC(=O)Nc1nc2c(s1)CN(S(=O)(=O)Cc1ccc(F)cc1)CC2. The standard InChI is InChI=1S/C15H16FN3O3S2/c1-10(20)17-15-18-13-6-7-19(8-14(13)23-15)24(21,22)9-11-2-4-12(16)5-3-11/h2-5H,6-9H2,1H3,(H,17,18,20). The Hall–Kier alpha value is -1.84. The van der Waals surface area contributed by atoms with Crippen molar-refractivity contribution >= 4 is 32.4 Å². The molecule has 0 spiro atoms. The van der Waals surface area contributed by atoms with Gasteiger partial charge in [0.1, 0.15) is 5.82 Å². The molecule has 128 valence electrons. The van der Waals surface area contributed by atoms with Gasteiger partial charge in [0.2, 0.25) is 15.9 Å². The molecular formula is C15H16FN3O3S2. The lowest BCUT2D eigenvalue weighted by molar-refractivity contribution is -0.114. The van der Waals surface area contributed by atoms with Crippen LogP contribution in [0.2, 0.25) is 0 Å². The van der Waals surface area contributed by atoms with Gasteiger partial charge in [-0.25, -0.2) is 17.8 Å². The van der Waals surface area contributed by atoms with Gasteiger partial charge in [-0.2, -0.15) is 4.31 Å². The Balaban J connectivity index is 1.74. The van der Waals surface area contributed by atoms with Crippen molar-refractivity contribution in [2.45, 2.75) is 25.6 Å². The maximum absolute atomic E-state index is 12.9. The van der Waals surface area contributed by atoms with Crippen LogP contribution in [0.3, 0.4) is 0 Å². The molecule has 0 unspecified atom stereocenters. The molecule has 0 fully saturated rings. The minimum atomic E-state index is -3.50. The highest BCUT2D eigenvalue weighted by Crippen LogP contribution is 2.30. The fourth-order valence-corrected chi connectivity index (χ4v) is 5.14. The molecule has 3 rings (SSSR count). The normalized spacial score (nSPS) is 15.1. The van der Waals surface area contributed by atoms with Crippen LogP contribution in [0, 0.1) is 5.82 Å². The van der Waals surface area contributed by atoms with Gasteiger partial charge in [-0.1, -0.05) is 12.1 Å². The summed E-state index contributed by atoms with van der Waals surface area (Å²) >= 11 is 1.29. The third-order valence-corrected chi connectivity index (χ3v) is 6.43. The molecule has 1 aromatic heterocycles. The summed E-state index contributed by atoms with van der Waals surface area (Å²) < 4.78 is 39.5. The smallest absolute Gasteiger partial charge is 0.223 e. The largest absolute Gasteiger partial charge is 0.302 e. The van der Waals surface area contributed by atoms with Crippen molar-refractivity contribution in [2.75, 3.05) is 11.9 Å². The Labute approximate surface area is 143 Å². The summed E-state index contributed by atoms with van der Waals surface area (Å²) in [6.45, 7) is 2.00. The highest BCUT2D eigenvalue weighted by atomic mass is 32.2. The highest BCUT2D eigenvalue weighted by Gasteiger charge is 2.29. The van der Waals surface area contributed by atoms with E-state index in [1.54, 1.807) is 0 Å². The summed E-state index contributed by atoms with van der Waals surface area (Å²) in [5.74, 6) is -0.768. The first-order valence-corrected chi connectivity index (χ1v) is 9.74. The third kappa shape index (κ3) is 3.80. The van der Waals surface area contributed by atoms with E-state index in [0.717, 1.165) is 10.6 Å². The molecular weight excluding hydrogens is 353 g/mol. The summed E-state index contributed by atoms with van der Waals surface area (Å²) in [6.07, 6.45) is 0.508. The van der Waals surface area contributed by atoms with Crippen molar-refractivity contribution in [3.8, 4) is 0 Å². The number of hydrogen-bond acceptors (Lipinski definition) is 5. The Kier molecular flexibility index (Phi) is 4.66. The highest BCUT2D eigenvalue weighted by molar-refractivity contribution is 7.88. The molecule has 6 nitrogen and oxygen atoms in total. The Morgan fingerprint density at radius 1 is 1.38 bits per heavy atom. The van der Waals surface area contributed by atoms with E-state index in [2.05, 4.69) is 10.3 Å². The second-order valence-corrected chi connectivity index (χ2v) is 8.59. The number of fused-ring (bicyclic) bond motifs is 1. The number of benzene rings is 1. The number of hydrogen-bond donors (Lipinski definition) is 1. The van der Waals surface area contributed by atoms with Crippen molar-refractivity contribution in [1.82, 2.24) is 9.29 Å².